The van der Waals surface area contributed by atoms with Gasteiger partial charge in [-0.15, -0.1) is 0 Å². The van der Waals surface area contributed by atoms with E-state index in [9.17, 15) is 14.4 Å². The number of ether oxygens (including phenoxy) is 2. The fraction of sp³-hybridized carbons (Fsp3) is 0.267. The number of likely N-dealkylation sites (N-methyl/N-ethyl adjacent to an activating group) is 1. The summed E-state index contributed by atoms with van der Waals surface area (Å²) in [5.41, 5.74) is 0.727. The van der Waals surface area contributed by atoms with Gasteiger partial charge in [-0.1, -0.05) is 18.2 Å². The smallest absolute Gasteiger partial charge is 0.344 e. The summed E-state index contributed by atoms with van der Waals surface area (Å²) in [6.07, 6.45) is 1.50. The molecule has 1 aliphatic heterocycles. The first-order valence-corrected chi connectivity index (χ1v) is 6.71. The van der Waals surface area contributed by atoms with Gasteiger partial charge in [0.2, 0.25) is 0 Å². The molecule has 1 aromatic rings. The SMILES string of the molecule is CCOC(=O)COc1ccccc1/C=C1/NC(=O)N(C)C1=O. The maximum Gasteiger partial charge on any atom is 0.344 e. The number of carbonyl (C=O) groups excluding carboxylic acids is 3. The van der Waals surface area contributed by atoms with Crippen molar-refractivity contribution < 1.29 is 23.9 Å². The van der Waals surface area contributed by atoms with Crippen molar-refractivity contribution in [3.05, 3.63) is 35.5 Å². The molecule has 0 aliphatic carbocycles. The van der Waals surface area contributed by atoms with Crippen LogP contribution in [0.5, 0.6) is 5.75 Å². The molecule has 1 aromatic carbocycles. The van der Waals surface area contributed by atoms with Gasteiger partial charge in [0.15, 0.2) is 6.61 Å². The Bertz CT molecular complexity index is 639. The molecule has 0 bridgehead atoms. The van der Waals surface area contributed by atoms with Gasteiger partial charge in [0, 0.05) is 12.6 Å². The number of urea groups is 1. The van der Waals surface area contributed by atoms with Gasteiger partial charge in [0.1, 0.15) is 11.4 Å². The van der Waals surface area contributed by atoms with E-state index in [1.807, 2.05) is 0 Å². The molecule has 1 N–H and O–H groups in total. The van der Waals surface area contributed by atoms with Gasteiger partial charge in [-0.3, -0.25) is 9.69 Å². The van der Waals surface area contributed by atoms with E-state index in [1.54, 1.807) is 31.2 Å². The van der Waals surface area contributed by atoms with Gasteiger partial charge in [-0.2, -0.15) is 0 Å². The zero-order valence-corrected chi connectivity index (χ0v) is 12.3. The Balaban J connectivity index is 2.17. The number of amides is 3. The van der Waals surface area contributed by atoms with Gasteiger partial charge in [-0.25, -0.2) is 9.59 Å². The van der Waals surface area contributed by atoms with Crippen molar-refractivity contribution in [1.82, 2.24) is 10.2 Å². The number of carbonyl (C=O) groups is 3. The number of benzene rings is 1. The van der Waals surface area contributed by atoms with Crippen molar-refractivity contribution in [3.63, 3.8) is 0 Å². The first kappa shape index (κ1) is 15.6. The summed E-state index contributed by atoms with van der Waals surface area (Å²) >= 11 is 0. The number of esters is 1. The number of hydrogen-bond donors (Lipinski definition) is 1. The molecule has 1 saturated heterocycles. The molecule has 2 rings (SSSR count). The fourth-order valence-corrected chi connectivity index (χ4v) is 1.85. The fourth-order valence-electron chi connectivity index (χ4n) is 1.85. The molecule has 1 aliphatic rings. The van der Waals surface area contributed by atoms with Crippen LogP contribution in [0.25, 0.3) is 6.08 Å². The lowest BCUT2D eigenvalue weighted by molar-refractivity contribution is -0.145. The highest BCUT2D eigenvalue weighted by Crippen LogP contribution is 2.22. The molecule has 0 saturated carbocycles. The Hall–Kier alpha value is -2.83. The van der Waals surface area contributed by atoms with Crippen LogP contribution < -0.4 is 10.1 Å². The molecule has 0 unspecified atom stereocenters. The van der Waals surface area contributed by atoms with Crippen LogP contribution in [0.4, 0.5) is 4.79 Å². The van der Waals surface area contributed by atoms with Crippen LogP contribution in [0, 0.1) is 0 Å². The number of imide groups is 1. The lowest BCUT2D eigenvalue weighted by Crippen LogP contribution is -2.25. The molecule has 0 radical (unpaired) electrons. The third kappa shape index (κ3) is 3.43. The maximum atomic E-state index is 11.8. The van der Waals surface area contributed by atoms with Gasteiger partial charge < -0.3 is 14.8 Å². The Morgan fingerprint density at radius 2 is 2.05 bits per heavy atom. The van der Waals surface area contributed by atoms with Gasteiger partial charge >= 0.3 is 12.0 Å². The summed E-state index contributed by atoms with van der Waals surface area (Å²) in [5, 5.41) is 2.47. The predicted molar refractivity (Wildman–Crippen MR) is 77.8 cm³/mol. The molecular weight excluding hydrogens is 288 g/mol. The molecule has 0 spiro atoms. The monoisotopic (exact) mass is 304 g/mol. The van der Waals surface area contributed by atoms with Gasteiger partial charge in [-0.05, 0) is 19.1 Å². The van der Waals surface area contributed by atoms with E-state index < -0.39 is 17.9 Å². The molecule has 1 heterocycles. The number of hydrogen-bond acceptors (Lipinski definition) is 5. The predicted octanol–water partition coefficient (Wildman–Crippen LogP) is 1.15. The van der Waals surface area contributed by atoms with E-state index in [-0.39, 0.29) is 18.9 Å². The Kier molecular flexibility index (Phi) is 4.77. The lowest BCUT2D eigenvalue weighted by atomic mass is 10.1. The maximum absolute atomic E-state index is 11.8. The van der Waals surface area contributed by atoms with Gasteiger partial charge in [0.25, 0.3) is 5.91 Å². The summed E-state index contributed by atoms with van der Waals surface area (Å²) in [7, 11) is 1.39. The summed E-state index contributed by atoms with van der Waals surface area (Å²) in [6.45, 7) is 1.76. The van der Waals surface area contributed by atoms with E-state index >= 15 is 0 Å². The first-order valence-electron chi connectivity index (χ1n) is 6.71. The van der Waals surface area contributed by atoms with Crippen LogP contribution in [0.1, 0.15) is 12.5 Å². The Labute approximate surface area is 127 Å². The molecule has 0 aromatic heterocycles. The highest BCUT2D eigenvalue weighted by atomic mass is 16.6. The molecule has 3 amide bonds. The molecule has 22 heavy (non-hydrogen) atoms. The Morgan fingerprint density at radius 1 is 1.32 bits per heavy atom. The third-order valence-electron chi connectivity index (χ3n) is 2.95. The molecule has 7 heteroatoms. The van der Waals surface area contributed by atoms with Crippen LogP contribution >= 0.6 is 0 Å². The van der Waals surface area contributed by atoms with Crippen LogP contribution in [0.15, 0.2) is 30.0 Å². The molecule has 0 atom stereocenters. The second-order valence-corrected chi connectivity index (χ2v) is 4.48. The van der Waals surface area contributed by atoms with E-state index in [2.05, 4.69) is 5.32 Å². The second kappa shape index (κ2) is 6.75. The Morgan fingerprint density at radius 3 is 2.68 bits per heavy atom. The van der Waals surface area contributed by atoms with Crippen LogP contribution in [0.3, 0.4) is 0 Å². The summed E-state index contributed by atoms with van der Waals surface area (Å²) in [5.74, 6) is -0.486. The van der Waals surface area contributed by atoms with Gasteiger partial charge in [0.05, 0.1) is 6.61 Å². The van der Waals surface area contributed by atoms with Crippen molar-refractivity contribution in [1.29, 1.82) is 0 Å². The average Bonchev–Trinajstić information content (AvgIpc) is 2.74. The van der Waals surface area contributed by atoms with E-state index in [4.69, 9.17) is 9.47 Å². The number of nitrogens with one attached hydrogen (secondary N) is 1. The van der Waals surface area contributed by atoms with Crippen molar-refractivity contribution in [2.75, 3.05) is 20.3 Å². The topological polar surface area (TPSA) is 84.9 Å². The minimum Gasteiger partial charge on any atom is -0.481 e. The molecule has 1 fully saturated rings. The van der Waals surface area contributed by atoms with Crippen LogP contribution in [-0.2, 0) is 14.3 Å². The van der Waals surface area contributed by atoms with E-state index in [1.165, 1.54) is 13.1 Å². The minimum absolute atomic E-state index is 0.152. The summed E-state index contributed by atoms with van der Waals surface area (Å²) in [4.78, 5) is 35.6. The van der Waals surface area contributed by atoms with Crippen LogP contribution in [0.2, 0.25) is 0 Å². The largest absolute Gasteiger partial charge is 0.481 e. The zero-order chi connectivity index (χ0) is 16.1. The lowest BCUT2D eigenvalue weighted by Gasteiger charge is -2.09. The highest BCUT2D eigenvalue weighted by molar-refractivity contribution is 6.13. The normalized spacial score (nSPS) is 15.9. The highest BCUT2D eigenvalue weighted by Gasteiger charge is 2.30. The number of nitrogens with zero attached hydrogens (tertiary/aromatic N) is 1. The average molecular weight is 304 g/mol. The van der Waals surface area contributed by atoms with E-state index in [0.717, 1.165) is 4.90 Å². The summed E-state index contributed by atoms with van der Waals surface area (Å²) in [6, 6.07) is 6.39. The minimum atomic E-state index is -0.485. The third-order valence-corrected chi connectivity index (χ3v) is 2.95. The van der Waals surface area contributed by atoms with Crippen molar-refractivity contribution in [3.8, 4) is 5.75 Å². The summed E-state index contributed by atoms with van der Waals surface area (Å²) < 4.78 is 10.2. The number of para-hydroxylation sites is 1. The zero-order valence-electron chi connectivity index (χ0n) is 12.3. The molecular formula is C15H16N2O5. The quantitative estimate of drug-likeness (QED) is 0.501. The number of rotatable bonds is 5. The van der Waals surface area contributed by atoms with Crippen LogP contribution in [-0.4, -0.2) is 43.1 Å². The first-order chi connectivity index (χ1) is 10.5. The molecule has 116 valence electrons. The van der Waals surface area contributed by atoms with Crippen molar-refractivity contribution in [2.24, 2.45) is 0 Å². The molecule has 7 nitrogen and oxygen atoms in total. The van der Waals surface area contributed by atoms with Crippen molar-refractivity contribution in [2.45, 2.75) is 6.92 Å². The van der Waals surface area contributed by atoms with Crippen molar-refractivity contribution >= 4 is 24.0 Å². The second-order valence-electron chi connectivity index (χ2n) is 4.48. The van der Waals surface area contributed by atoms with E-state index in [0.29, 0.717) is 11.3 Å². The standard InChI is InChI=1S/C15H16N2O5/c1-3-21-13(18)9-22-12-7-5-4-6-10(12)8-11-14(19)17(2)15(20)16-11/h4-8H,3,9H2,1-2H3,(H,16,20)/b11-8+.